The second-order valence-corrected chi connectivity index (χ2v) is 6.36. The van der Waals surface area contributed by atoms with Gasteiger partial charge in [0.1, 0.15) is 18.2 Å². The van der Waals surface area contributed by atoms with Crippen molar-refractivity contribution in [2.45, 2.75) is 38.5 Å². The number of rotatable bonds is 7. The SMILES string of the molecule is C=C(C)C(=O)OCC(O)CN1C(=O)N(CC2CO2)C(C)(C)C1=O. The fourth-order valence-electron chi connectivity index (χ4n) is 2.32. The van der Waals surface area contributed by atoms with E-state index < -0.39 is 29.6 Å². The van der Waals surface area contributed by atoms with Gasteiger partial charge >= 0.3 is 12.0 Å². The van der Waals surface area contributed by atoms with E-state index in [4.69, 9.17) is 9.47 Å². The Morgan fingerprint density at radius 1 is 1.52 bits per heavy atom. The van der Waals surface area contributed by atoms with Crippen molar-refractivity contribution in [3.8, 4) is 0 Å². The van der Waals surface area contributed by atoms with Crippen LogP contribution in [0.15, 0.2) is 12.2 Å². The van der Waals surface area contributed by atoms with Gasteiger partial charge in [-0.1, -0.05) is 6.58 Å². The highest BCUT2D eigenvalue weighted by Crippen LogP contribution is 2.29. The molecule has 0 aromatic carbocycles. The fourth-order valence-corrected chi connectivity index (χ4v) is 2.32. The number of hydrogen-bond donors (Lipinski definition) is 1. The van der Waals surface area contributed by atoms with Gasteiger partial charge in [-0.15, -0.1) is 0 Å². The zero-order valence-electron chi connectivity index (χ0n) is 13.6. The van der Waals surface area contributed by atoms with Crippen molar-refractivity contribution in [2.75, 3.05) is 26.3 Å². The number of urea groups is 1. The molecule has 2 saturated heterocycles. The third-order valence-electron chi connectivity index (χ3n) is 3.84. The molecule has 3 amide bonds. The summed E-state index contributed by atoms with van der Waals surface area (Å²) in [6, 6.07) is -0.472. The first-order valence-electron chi connectivity index (χ1n) is 7.40. The van der Waals surface area contributed by atoms with Crippen LogP contribution < -0.4 is 0 Å². The van der Waals surface area contributed by atoms with Crippen molar-refractivity contribution in [2.24, 2.45) is 0 Å². The van der Waals surface area contributed by atoms with Crippen LogP contribution >= 0.6 is 0 Å². The van der Waals surface area contributed by atoms with E-state index in [1.807, 2.05) is 0 Å². The van der Waals surface area contributed by atoms with E-state index in [1.165, 1.54) is 11.8 Å². The lowest BCUT2D eigenvalue weighted by Gasteiger charge is -2.26. The first kappa shape index (κ1) is 17.4. The zero-order chi connectivity index (χ0) is 17.4. The molecule has 2 aliphatic heterocycles. The Hall–Kier alpha value is -1.93. The van der Waals surface area contributed by atoms with Gasteiger partial charge in [0.15, 0.2) is 0 Å². The number of epoxide rings is 1. The molecule has 2 unspecified atom stereocenters. The van der Waals surface area contributed by atoms with E-state index >= 15 is 0 Å². The van der Waals surface area contributed by atoms with Gasteiger partial charge in [0.25, 0.3) is 5.91 Å². The molecule has 0 spiro atoms. The summed E-state index contributed by atoms with van der Waals surface area (Å²) < 4.78 is 9.94. The number of ether oxygens (including phenoxy) is 2. The van der Waals surface area contributed by atoms with Gasteiger partial charge in [-0.3, -0.25) is 9.69 Å². The minimum absolute atomic E-state index is 0.0348. The van der Waals surface area contributed by atoms with E-state index in [1.54, 1.807) is 13.8 Å². The van der Waals surface area contributed by atoms with Gasteiger partial charge in [0.05, 0.1) is 25.8 Å². The van der Waals surface area contributed by atoms with E-state index in [9.17, 15) is 19.5 Å². The third-order valence-corrected chi connectivity index (χ3v) is 3.84. The van der Waals surface area contributed by atoms with E-state index in [0.717, 1.165) is 4.90 Å². The first-order valence-corrected chi connectivity index (χ1v) is 7.40. The molecule has 1 N–H and O–H groups in total. The molecule has 0 saturated carbocycles. The van der Waals surface area contributed by atoms with Crippen LogP contribution in [-0.4, -0.2) is 76.9 Å². The van der Waals surface area contributed by atoms with Crippen LogP contribution in [0, 0.1) is 0 Å². The van der Waals surface area contributed by atoms with E-state index in [0.29, 0.717) is 13.2 Å². The van der Waals surface area contributed by atoms with Crippen LogP contribution in [-0.2, 0) is 19.1 Å². The Balaban J connectivity index is 1.96. The molecule has 8 nitrogen and oxygen atoms in total. The van der Waals surface area contributed by atoms with Crippen LogP contribution in [0.4, 0.5) is 4.79 Å². The fraction of sp³-hybridized carbons (Fsp3) is 0.667. The molecule has 2 fully saturated rings. The van der Waals surface area contributed by atoms with Gasteiger partial charge in [0, 0.05) is 5.57 Å². The van der Waals surface area contributed by atoms with Crippen LogP contribution in [0.25, 0.3) is 0 Å². The highest BCUT2D eigenvalue weighted by atomic mass is 16.6. The van der Waals surface area contributed by atoms with Crippen LogP contribution in [0.5, 0.6) is 0 Å². The van der Waals surface area contributed by atoms with E-state index in [-0.39, 0.29) is 24.8 Å². The number of hydrogen-bond acceptors (Lipinski definition) is 6. The molecular formula is C15H22N2O6. The molecule has 2 heterocycles. The topological polar surface area (TPSA) is 99.7 Å². The van der Waals surface area contributed by atoms with Gasteiger partial charge in [-0.25, -0.2) is 9.59 Å². The maximum absolute atomic E-state index is 12.4. The van der Waals surface area contributed by atoms with Crippen molar-refractivity contribution in [1.82, 2.24) is 9.80 Å². The number of aliphatic hydroxyl groups is 1. The smallest absolute Gasteiger partial charge is 0.333 e. The predicted molar refractivity (Wildman–Crippen MR) is 79.4 cm³/mol. The Labute approximate surface area is 134 Å². The lowest BCUT2D eigenvalue weighted by Crippen LogP contribution is -2.46. The summed E-state index contributed by atoms with van der Waals surface area (Å²) in [4.78, 5) is 38.6. The average molecular weight is 326 g/mol. The number of nitrogens with zero attached hydrogens (tertiary/aromatic N) is 2. The Kier molecular flexibility index (Phi) is 4.76. The van der Waals surface area contributed by atoms with Crippen LogP contribution in [0.2, 0.25) is 0 Å². The highest BCUT2D eigenvalue weighted by molar-refractivity contribution is 6.06. The van der Waals surface area contributed by atoms with Crippen LogP contribution in [0.3, 0.4) is 0 Å². The number of esters is 1. The standard InChI is InChI=1S/C15H22N2O6/c1-9(2)12(19)23-7-10(18)5-16-13(20)15(3,4)17(14(16)21)6-11-8-22-11/h10-11,18H,1,5-8H2,2-4H3. The molecular weight excluding hydrogens is 304 g/mol. The van der Waals surface area contributed by atoms with Gasteiger partial charge in [0.2, 0.25) is 0 Å². The number of carbonyl (C=O) groups excluding carboxylic acids is 3. The van der Waals surface area contributed by atoms with Crippen LogP contribution in [0.1, 0.15) is 20.8 Å². The number of aliphatic hydroxyl groups excluding tert-OH is 1. The molecule has 0 aromatic heterocycles. The van der Waals surface area contributed by atoms with Crippen molar-refractivity contribution < 1.29 is 29.0 Å². The van der Waals surface area contributed by atoms with Crippen molar-refractivity contribution in [3.05, 3.63) is 12.2 Å². The van der Waals surface area contributed by atoms with Crippen molar-refractivity contribution in [1.29, 1.82) is 0 Å². The largest absolute Gasteiger partial charge is 0.460 e. The zero-order valence-corrected chi connectivity index (χ0v) is 13.6. The second kappa shape index (κ2) is 6.29. The number of imide groups is 1. The quantitative estimate of drug-likeness (QED) is 0.304. The Morgan fingerprint density at radius 3 is 2.65 bits per heavy atom. The summed E-state index contributed by atoms with van der Waals surface area (Å²) in [6.45, 7) is 8.61. The molecule has 0 aliphatic carbocycles. The number of carbonyl (C=O) groups is 3. The molecule has 2 rings (SSSR count). The first-order chi connectivity index (χ1) is 10.6. The number of amides is 3. The molecule has 0 radical (unpaired) electrons. The predicted octanol–water partition coefficient (Wildman–Crippen LogP) is -0.0918. The third kappa shape index (κ3) is 3.70. The monoisotopic (exact) mass is 326 g/mol. The van der Waals surface area contributed by atoms with Crippen molar-refractivity contribution >= 4 is 17.9 Å². The summed E-state index contributed by atoms with van der Waals surface area (Å²) in [6.07, 6.45) is -1.19. The summed E-state index contributed by atoms with van der Waals surface area (Å²) in [5.41, 5.74) is -0.779. The van der Waals surface area contributed by atoms with Gasteiger partial charge in [-0.05, 0) is 20.8 Å². The summed E-state index contributed by atoms with van der Waals surface area (Å²) in [5.74, 6) is -1.02. The average Bonchev–Trinajstić information content (AvgIpc) is 3.27. The van der Waals surface area contributed by atoms with Gasteiger partial charge in [-0.2, -0.15) is 0 Å². The van der Waals surface area contributed by atoms with Crippen molar-refractivity contribution in [3.63, 3.8) is 0 Å². The van der Waals surface area contributed by atoms with E-state index in [2.05, 4.69) is 6.58 Å². The summed E-state index contributed by atoms with van der Waals surface area (Å²) in [7, 11) is 0. The highest BCUT2D eigenvalue weighted by Gasteiger charge is 2.52. The maximum Gasteiger partial charge on any atom is 0.333 e. The Morgan fingerprint density at radius 2 is 2.13 bits per heavy atom. The normalized spacial score (nSPS) is 23.9. The minimum atomic E-state index is -1.15. The lowest BCUT2D eigenvalue weighted by molar-refractivity contribution is -0.142. The Bertz CT molecular complexity index is 540. The summed E-state index contributed by atoms with van der Waals surface area (Å²) >= 11 is 0. The molecule has 23 heavy (non-hydrogen) atoms. The lowest BCUT2D eigenvalue weighted by atomic mass is 10.0. The maximum atomic E-state index is 12.4. The molecule has 0 aromatic rings. The second-order valence-electron chi connectivity index (χ2n) is 6.36. The molecule has 8 heteroatoms. The number of β-amino-alcohol motifs (C(OH)–C–C–N with tert-alkyl or cyclic N) is 1. The van der Waals surface area contributed by atoms with Gasteiger partial charge < -0.3 is 19.5 Å². The molecule has 2 atom stereocenters. The molecule has 128 valence electrons. The molecule has 2 aliphatic rings. The summed E-state index contributed by atoms with van der Waals surface area (Å²) in [5, 5.41) is 9.93. The minimum Gasteiger partial charge on any atom is -0.460 e. The molecule has 0 bridgehead atoms.